The Kier molecular flexibility index (Phi) is 7.23. The van der Waals surface area contributed by atoms with Gasteiger partial charge in [0.05, 0.1) is 0 Å². The van der Waals surface area contributed by atoms with Crippen LogP contribution in [0.5, 0.6) is 17.2 Å². The lowest BCUT2D eigenvalue weighted by atomic mass is 10.0. The highest BCUT2D eigenvalue weighted by atomic mass is 19.1. The number of halogens is 1. The van der Waals surface area contributed by atoms with Crippen molar-refractivity contribution in [2.24, 2.45) is 0 Å². The van der Waals surface area contributed by atoms with E-state index in [4.69, 9.17) is 9.47 Å². The Balaban J connectivity index is 1.70. The number of ether oxygens (including phenoxy) is 2. The molecule has 156 valence electrons. The van der Waals surface area contributed by atoms with Crippen LogP contribution in [0.4, 0.5) is 4.39 Å². The van der Waals surface area contributed by atoms with Crippen molar-refractivity contribution in [1.82, 2.24) is 0 Å². The van der Waals surface area contributed by atoms with Crippen molar-refractivity contribution in [2.75, 3.05) is 0 Å². The van der Waals surface area contributed by atoms with Gasteiger partial charge < -0.3 is 14.3 Å². The predicted molar refractivity (Wildman–Crippen MR) is 117 cm³/mol. The molecule has 4 heteroatoms. The highest BCUT2D eigenvalue weighted by molar-refractivity contribution is 5.75. The smallest absolute Gasteiger partial charge is 0.165 e. The Morgan fingerprint density at radius 3 is 2.50 bits per heavy atom. The van der Waals surface area contributed by atoms with Gasteiger partial charge in [0, 0.05) is 12.0 Å². The Bertz CT molecular complexity index is 1010. The minimum atomic E-state index is -0.431. The zero-order valence-electron chi connectivity index (χ0n) is 17.7. The maximum atomic E-state index is 14.4. The van der Waals surface area contributed by atoms with E-state index in [1.807, 2.05) is 42.5 Å². The van der Waals surface area contributed by atoms with Crippen LogP contribution in [-0.2, 0) is 17.8 Å². The fourth-order valence-corrected chi connectivity index (χ4v) is 3.08. The average molecular weight is 406 g/mol. The zero-order chi connectivity index (χ0) is 21.5. The lowest BCUT2D eigenvalue weighted by Crippen LogP contribution is -2.01. The summed E-state index contributed by atoms with van der Waals surface area (Å²) < 4.78 is 26.2. The fourth-order valence-electron chi connectivity index (χ4n) is 3.08. The normalized spacial score (nSPS) is 10.8. The summed E-state index contributed by atoms with van der Waals surface area (Å²) in [6, 6.07) is 20.4. The number of Topliss-reactive ketones (excluding diaryl/α,β-unsaturated/α-hetero) is 1. The summed E-state index contributed by atoms with van der Waals surface area (Å²) in [6.07, 6.45) is 0.932. The minimum Gasteiger partial charge on any atom is -0.486 e. The van der Waals surface area contributed by atoms with Gasteiger partial charge in [0.15, 0.2) is 11.6 Å². The molecule has 0 saturated carbocycles. The topological polar surface area (TPSA) is 35.5 Å². The van der Waals surface area contributed by atoms with Gasteiger partial charge in [-0.2, -0.15) is 0 Å². The van der Waals surface area contributed by atoms with Crippen LogP contribution in [0.15, 0.2) is 66.7 Å². The van der Waals surface area contributed by atoms with Gasteiger partial charge in [0.2, 0.25) is 0 Å². The number of carbonyl (C=O) groups is 1. The van der Waals surface area contributed by atoms with Crippen LogP contribution >= 0.6 is 0 Å². The fraction of sp³-hybridized carbons (Fsp3) is 0.269. The van der Waals surface area contributed by atoms with Crippen LogP contribution < -0.4 is 9.47 Å². The molecule has 0 aliphatic carbocycles. The number of hydrogen-bond acceptors (Lipinski definition) is 3. The molecule has 3 aromatic rings. The molecule has 3 aromatic carbocycles. The van der Waals surface area contributed by atoms with Crippen molar-refractivity contribution < 1.29 is 18.7 Å². The summed E-state index contributed by atoms with van der Waals surface area (Å²) in [5.74, 6) is 1.68. The maximum Gasteiger partial charge on any atom is 0.165 e. The summed E-state index contributed by atoms with van der Waals surface area (Å²) in [4.78, 5) is 11.1. The molecule has 3 rings (SSSR count). The third-order valence-corrected chi connectivity index (χ3v) is 4.87. The Morgan fingerprint density at radius 1 is 0.967 bits per heavy atom. The van der Waals surface area contributed by atoms with E-state index >= 15 is 0 Å². The van der Waals surface area contributed by atoms with Crippen LogP contribution in [0.1, 0.15) is 49.8 Å². The number of hydrogen-bond donors (Lipinski definition) is 0. The second-order valence-electron chi connectivity index (χ2n) is 7.69. The summed E-state index contributed by atoms with van der Waals surface area (Å²) in [5.41, 5.74) is 2.81. The van der Waals surface area contributed by atoms with Gasteiger partial charge in [0.25, 0.3) is 0 Å². The zero-order valence-corrected chi connectivity index (χ0v) is 17.7. The molecule has 3 nitrogen and oxygen atoms in total. The van der Waals surface area contributed by atoms with Gasteiger partial charge in [-0.15, -0.1) is 0 Å². The monoisotopic (exact) mass is 406 g/mol. The first-order valence-electron chi connectivity index (χ1n) is 10.2. The summed E-state index contributed by atoms with van der Waals surface area (Å²) >= 11 is 0. The molecule has 0 unspecified atom stereocenters. The number of carbonyl (C=O) groups excluding carboxylic acids is 1. The molecule has 0 amide bonds. The van der Waals surface area contributed by atoms with E-state index in [0.29, 0.717) is 24.5 Å². The third-order valence-electron chi connectivity index (χ3n) is 4.87. The van der Waals surface area contributed by atoms with E-state index in [0.717, 1.165) is 16.9 Å². The molecule has 0 heterocycles. The summed E-state index contributed by atoms with van der Waals surface area (Å²) in [7, 11) is 0. The molecule has 0 radical (unpaired) electrons. The predicted octanol–water partition coefficient (Wildman–Crippen LogP) is 6.84. The van der Waals surface area contributed by atoms with Gasteiger partial charge in [0.1, 0.15) is 23.9 Å². The van der Waals surface area contributed by atoms with Crippen LogP contribution in [0.25, 0.3) is 0 Å². The Hall–Kier alpha value is -3.14. The molecular formula is C26H27FO3. The van der Waals surface area contributed by atoms with Gasteiger partial charge >= 0.3 is 0 Å². The van der Waals surface area contributed by atoms with Crippen molar-refractivity contribution in [3.63, 3.8) is 0 Å². The van der Waals surface area contributed by atoms with E-state index < -0.39 is 5.82 Å². The molecule has 0 N–H and O–H groups in total. The van der Waals surface area contributed by atoms with Crippen LogP contribution in [-0.4, -0.2) is 5.78 Å². The number of para-hydroxylation sites is 1. The highest BCUT2D eigenvalue weighted by Crippen LogP contribution is 2.29. The van der Waals surface area contributed by atoms with Gasteiger partial charge in [-0.3, -0.25) is 0 Å². The highest BCUT2D eigenvalue weighted by Gasteiger charge is 2.10. The largest absolute Gasteiger partial charge is 0.486 e. The van der Waals surface area contributed by atoms with Crippen molar-refractivity contribution in [1.29, 1.82) is 0 Å². The molecule has 0 aliphatic heterocycles. The van der Waals surface area contributed by atoms with Crippen molar-refractivity contribution in [2.45, 2.75) is 46.1 Å². The molecule has 0 aliphatic rings. The van der Waals surface area contributed by atoms with E-state index in [1.165, 1.54) is 18.6 Å². The third kappa shape index (κ3) is 5.93. The SMILES string of the molecule is CC(=O)CCc1ccc(OCc2ccccc2Oc2cccc(C(C)C)c2)c(F)c1. The van der Waals surface area contributed by atoms with Gasteiger partial charge in [-0.25, -0.2) is 4.39 Å². The quantitative estimate of drug-likeness (QED) is 0.390. The molecule has 0 atom stereocenters. The number of benzene rings is 3. The number of rotatable bonds is 9. The second-order valence-corrected chi connectivity index (χ2v) is 7.69. The maximum absolute atomic E-state index is 14.4. The van der Waals surface area contributed by atoms with Crippen LogP contribution in [0.3, 0.4) is 0 Å². The molecule has 0 fully saturated rings. The molecule has 30 heavy (non-hydrogen) atoms. The first-order valence-corrected chi connectivity index (χ1v) is 10.2. The van der Waals surface area contributed by atoms with E-state index in [2.05, 4.69) is 19.9 Å². The summed E-state index contributed by atoms with van der Waals surface area (Å²) in [6.45, 7) is 6.00. The molecule has 0 aromatic heterocycles. The van der Waals surface area contributed by atoms with Gasteiger partial charge in [-0.1, -0.05) is 50.2 Å². The molecule has 0 bridgehead atoms. The van der Waals surface area contributed by atoms with E-state index in [9.17, 15) is 9.18 Å². The number of aryl methyl sites for hydroxylation is 1. The van der Waals surface area contributed by atoms with Crippen molar-refractivity contribution in [3.8, 4) is 17.2 Å². The lowest BCUT2D eigenvalue weighted by molar-refractivity contribution is -0.116. The van der Waals surface area contributed by atoms with Crippen LogP contribution in [0.2, 0.25) is 0 Å². The Morgan fingerprint density at radius 2 is 1.77 bits per heavy atom. The van der Waals surface area contributed by atoms with Crippen LogP contribution in [0, 0.1) is 5.82 Å². The van der Waals surface area contributed by atoms with E-state index in [-0.39, 0.29) is 18.1 Å². The average Bonchev–Trinajstić information content (AvgIpc) is 2.72. The molecular weight excluding hydrogens is 379 g/mol. The molecule has 0 spiro atoms. The van der Waals surface area contributed by atoms with Gasteiger partial charge in [-0.05, 0) is 60.7 Å². The van der Waals surface area contributed by atoms with E-state index in [1.54, 1.807) is 12.1 Å². The first kappa shape index (κ1) is 21.6. The van der Waals surface area contributed by atoms with Crippen molar-refractivity contribution in [3.05, 3.63) is 89.2 Å². The molecule has 0 saturated heterocycles. The number of ketones is 1. The second kappa shape index (κ2) is 10.1. The minimum absolute atomic E-state index is 0.0891. The first-order chi connectivity index (χ1) is 14.4. The Labute approximate surface area is 177 Å². The standard InChI is InChI=1S/C26H27FO3/c1-18(2)21-8-6-9-23(16-21)30-25-10-5-4-7-22(25)17-29-26-14-13-20(15-24(26)27)12-11-19(3)28/h4-10,13-16,18H,11-12,17H2,1-3H3. The van der Waals surface area contributed by atoms with Crippen molar-refractivity contribution >= 4 is 5.78 Å². The summed E-state index contributed by atoms with van der Waals surface area (Å²) in [5, 5.41) is 0. The lowest BCUT2D eigenvalue weighted by Gasteiger charge is -2.14.